The van der Waals surface area contributed by atoms with Gasteiger partial charge in [-0.15, -0.1) is 0 Å². The second-order valence-corrected chi connectivity index (χ2v) is 6.38. The Hall–Kier alpha value is -3.00. The van der Waals surface area contributed by atoms with Crippen LogP contribution in [0.3, 0.4) is 0 Å². The van der Waals surface area contributed by atoms with Crippen molar-refractivity contribution in [1.82, 2.24) is 10.3 Å². The molecule has 2 N–H and O–H groups in total. The van der Waals surface area contributed by atoms with Crippen LogP contribution in [0.1, 0.15) is 15.9 Å². The van der Waals surface area contributed by atoms with Crippen molar-refractivity contribution < 1.29 is 27.5 Å². The fourth-order valence-electron chi connectivity index (χ4n) is 2.95. The third-order valence-corrected chi connectivity index (χ3v) is 4.57. The van der Waals surface area contributed by atoms with Gasteiger partial charge in [0, 0.05) is 33.2 Å². The molecule has 1 heterocycles. The quantitative estimate of drug-likeness (QED) is 0.634. The van der Waals surface area contributed by atoms with Crippen LogP contribution in [0.25, 0.3) is 10.9 Å². The van der Waals surface area contributed by atoms with E-state index in [1.54, 1.807) is 12.1 Å². The van der Waals surface area contributed by atoms with Crippen molar-refractivity contribution in [2.75, 3.05) is 7.11 Å². The summed E-state index contributed by atoms with van der Waals surface area (Å²) in [5.74, 6) is -2.77. The number of ether oxygens (including phenoxy) is 1. The van der Waals surface area contributed by atoms with Crippen LogP contribution in [0, 0.1) is 0 Å². The van der Waals surface area contributed by atoms with Gasteiger partial charge in [-0.1, -0.05) is 29.8 Å². The van der Waals surface area contributed by atoms with E-state index >= 15 is 0 Å². The van der Waals surface area contributed by atoms with Crippen molar-refractivity contribution in [3.63, 3.8) is 0 Å². The molecule has 1 aromatic heterocycles. The maximum absolute atomic E-state index is 14.3. The van der Waals surface area contributed by atoms with Gasteiger partial charge in [-0.2, -0.15) is 13.2 Å². The highest BCUT2D eigenvalue weighted by molar-refractivity contribution is 6.30. The van der Waals surface area contributed by atoms with Crippen molar-refractivity contribution in [1.29, 1.82) is 0 Å². The van der Waals surface area contributed by atoms with Crippen LogP contribution in [0.4, 0.5) is 13.2 Å². The molecule has 0 spiro atoms. The van der Waals surface area contributed by atoms with Crippen molar-refractivity contribution >= 4 is 34.4 Å². The molecule has 2 aromatic carbocycles. The highest BCUT2D eigenvalue weighted by Gasteiger charge is 2.64. The number of nitrogens with one attached hydrogen (secondary N) is 2. The highest BCUT2D eigenvalue weighted by atomic mass is 35.5. The van der Waals surface area contributed by atoms with E-state index in [4.69, 9.17) is 11.6 Å². The minimum absolute atomic E-state index is 0.0956. The third kappa shape index (κ3) is 3.20. The maximum Gasteiger partial charge on any atom is 0.426 e. The van der Waals surface area contributed by atoms with Crippen molar-refractivity contribution in [3.8, 4) is 0 Å². The number of rotatable bonds is 4. The van der Waals surface area contributed by atoms with E-state index in [2.05, 4.69) is 9.72 Å². The second-order valence-electron chi connectivity index (χ2n) is 5.95. The van der Waals surface area contributed by atoms with Gasteiger partial charge in [0.15, 0.2) is 0 Å². The van der Waals surface area contributed by atoms with E-state index < -0.39 is 29.2 Å². The number of amides is 1. The van der Waals surface area contributed by atoms with E-state index in [-0.39, 0.29) is 10.9 Å². The van der Waals surface area contributed by atoms with E-state index in [0.717, 1.165) is 13.3 Å². The van der Waals surface area contributed by atoms with Gasteiger partial charge >= 0.3 is 12.1 Å². The van der Waals surface area contributed by atoms with Crippen LogP contribution in [0.5, 0.6) is 0 Å². The number of methoxy groups -OCH3 is 1. The molecule has 0 aliphatic heterocycles. The Kier molecular flexibility index (Phi) is 5.08. The molecule has 0 aliphatic rings. The molecular formula is C19H14ClF3N2O3. The fourth-order valence-corrected chi connectivity index (χ4v) is 3.07. The molecule has 0 aliphatic carbocycles. The van der Waals surface area contributed by atoms with Crippen molar-refractivity contribution in [2.24, 2.45) is 0 Å². The number of hydrogen-bond donors (Lipinski definition) is 2. The van der Waals surface area contributed by atoms with Gasteiger partial charge in [0.2, 0.25) is 0 Å². The molecule has 3 aromatic rings. The van der Waals surface area contributed by atoms with Crippen molar-refractivity contribution in [3.05, 3.63) is 70.9 Å². The Morgan fingerprint density at radius 3 is 2.32 bits per heavy atom. The fraction of sp³-hybridized carbons (Fsp3) is 0.158. The highest BCUT2D eigenvalue weighted by Crippen LogP contribution is 2.43. The molecule has 5 nitrogen and oxygen atoms in total. The first-order valence-electron chi connectivity index (χ1n) is 8.00. The van der Waals surface area contributed by atoms with Crippen LogP contribution >= 0.6 is 11.6 Å². The smallest absolute Gasteiger partial charge is 0.426 e. The lowest BCUT2D eigenvalue weighted by molar-refractivity contribution is -0.212. The molecule has 0 fully saturated rings. The first kappa shape index (κ1) is 19.8. The molecule has 146 valence electrons. The lowest BCUT2D eigenvalue weighted by atomic mass is 9.88. The summed E-state index contributed by atoms with van der Waals surface area (Å²) in [5, 5.41) is 2.28. The van der Waals surface area contributed by atoms with Crippen LogP contribution < -0.4 is 5.32 Å². The predicted octanol–water partition coefficient (Wildman–Crippen LogP) is 4.18. The molecule has 28 heavy (non-hydrogen) atoms. The van der Waals surface area contributed by atoms with Gasteiger partial charge in [-0.3, -0.25) is 4.79 Å². The van der Waals surface area contributed by atoms with Gasteiger partial charge < -0.3 is 15.0 Å². The zero-order valence-corrected chi connectivity index (χ0v) is 15.2. The number of carbonyl (C=O) groups excluding carboxylic acids is 2. The molecule has 1 amide bonds. The van der Waals surface area contributed by atoms with Crippen LogP contribution in [-0.4, -0.2) is 30.1 Å². The third-order valence-electron chi connectivity index (χ3n) is 4.32. The Morgan fingerprint density at radius 2 is 1.71 bits per heavy atom. The number of H-pyrrole nitrogens is 1. The summed E-state index contributed by atoms with van der Waals surface area (Å²) in [7, 11) is 0.826. The molecule has 1 atom stereocenters. The van der Waals surface area contributed by atoms with Gasteiger partial charge in [-0.25, -0.2) is 4.79 Å². The summed E-state index contributed by atoms with van der Waals surface area (Å²) < 4.78 is 47.3. The number of alkyl halides is 3. The molecule has 9 heteroatoms. The number of aromatic amines is 1. The lowest BCUT2D eigenvalue weighted by Crippen LogP contribution is -2.61. The second kappa shape index (κ2) is 7.20. The molecule has 0 saturated heterocycles. The number of benzene rings is 2. The summed E-state index contributed by atoms with van der Waals surface area (Å²) >= 11 is 5.75. The molecule has 0 bridgehead atoms. The topological polar surface area (TPSA) is 71.2 Å². The normalized spacial score (nSPS) is 13.8. The minimum atomic E-state index is -5.19. The average molecular weight is 411 g/mol. The Labute approximate surface area is 162 Å². The van der Waals surface area contributed by atoms with E-state index in [1.807, 2.05) is 5.32 Å². The standard InChI is InChI=1S/C19H14ClF3N2O3/c1-28-17(27)18(19(21,22)23,14-10-24-15-5-3-2-4-13(14)15)25-16(26)11-6-8-12(20)9-7-11/h2-10,24H,1H3,(H,25,26). The molecular weight excluding hydrogens is 397 g/mol. The summed E-state index contributed by atoms with van der Waals surface area (Å²) in [6, 6.07) is 11.3. The SMILES string of the molecule is COC(=O)C(NC(=O)c1ccc(Cl)cc1)(c1c[nH]c2ccccc12)C(F)(F)F. The molecule has 0 radical (unpaired) electrons. The summed E-state index contributed by atoms with van der Waals surface area (Å²) in [4.78, 5) is 27.7. The Morgan fingerprint density at radius 1 is 1.07 bits per heavy atom. The summed E-state index contributed by atoms with van der Waals surface area (Å²) in [6.07, 6.45) is -4.15. The number of fused-ring (bicyclic) bond motifs is 1. The van der Waals surface area contributed by atoms with Gasteiger partial charge in [0.1, 0.15) is 0 Å². The first-order valence-corrected chi connectivity index (χ1v) is 8.38. The van der Waals surface area contributed by atoms with Crippen LogP contribution in [0.15, 0.2) is 54.7 Å². The van der Waals surface area contributed by atoms with E-state index in [9.17, 15) is 22.8 Å². The molecule has 1 unspecified atom stereocenters. The Bertz CT molecular complexity index is 1030. The number of para-hydroxylation sites is 1. The summed E-state index contributed by atoms with van der Waals surface area (Å²) in [6.45, 7) is 0. The van der Waals surface area contributed by atoms with E-state index in [0.29, 0.717) is 10.5 Å². The lowest BCUT2D eigenvalue weighted by Gasteiger charge is -2.33. The number of aromatic nitrogens is 1. The van der Waals surface area contributed by atoms with E-state index in [1.165, 1.54) is 36.4 Å². The van der Waals surface area contributed by atoms with Gasteiger partial charge in [0.05, 0.1) is 7.11 Å². The number of halogens is 4. The average Bonchev–Trinajstić information content (AvgIpc) is 3.09. The van der Waals surface area contributed by atoms with Gasteiger partial charge in [0.25, 0.3) is 11.4 Å². The van der Waals surface area contributed by atoms with Gasteiger partial charge in [-0.05, 0) is 30.3 Å². The predicted molar refractivity (Wildman–Crippen MR) is 97.0 cm³/mol. The monoisotopic (exact) mass is 410 g/mol. The Balaban J connectivity index is 2.20. The van der Waals surface area contributed by atoms with Crippen molar-refractivity contribution in [2.45, 2.75) is 11.7 Å². The number of carbonyl (C=O) groups is 2. The maximum atomic E-state index is 14.3. The largest absolute Gasteiger partial charge is 0.467 e. The summed E-state index contributed by atoms with van der Waals surface area (Å²) in [5.41, 5.74) is -3.60. The molecule has 3 rings (SSSR count). The minimum Gasteiger partial charge on any atom is -0.467 e. The zero-order valence-electron chi connectivity index (χ0n) is 14.4. The number of hydrogen-bond acceptors (Lipinski definition) is 3. The molecule has 0 saturated carbocycles. The zero-order chi connectivity index (χ0) is 20.5. The number of esters is 1. The van der Waals surface area contributed by atoms with Crippen LogP contribution in [0.2, 0.25) is 5.02 Å². The van der Waals surface area contributed by atoms with Crippen LogP contribution in [-0.2, 0) is 15.1 Å². The first-order chi connectivity index (χ1) is 13.2.